The van der Waals surface area contributed by atoms with Gasteiger partial charge in [-0.2, -0.15) is 18.3 Å². The molecule has 0 aliphatic carbocycles. The van der Waals surface area contributed by atoms with Crippen molar-refractivity contribution in [3.8, 4) is 11.1 Å². The molecule has 1 amide bonds. The molecule has 3 aromatic rings. The van der Waals surface area contributed by atoms with Gasteiger partial charge in [0.15, 0.2) is 5.82 Å². The van der Waals surface area contributed by atoms with E-state index in [2.05, 4.69) is 15.4 Å². The van der Waals surface area contributed by atoms with E-state index in [1.54, 1.807) is 14.1 Å². The fourth-order valence-corrected chi connectivity index (χ4v) is 2.49. The molecular weight excluding hydrogens is 335 g/mol. The van der Waals surface area contributed by atoms with Gasteiger partial charge in [0.25, 0.3) is 5.91 Å². The molecule has 2 aromatic heterocycles. The minimum Gasteiger partial charge on any atom is -0.330 e. The molecule has 0 unspecified atom stereocenters. The van der Waals surface area contributed by atoms with Crippen molar-refractivity contribution in [2.45, 2.75) is 6.18 Å². The van der Waals surface area contributed by atoms with Crippen LogP contribution in [0.2, 0.25) is 0 Å². The normalized spacial score (nSPS) is 11.6. The Hall–Kier alpha value is -3.10. The molecule has 0 spiro atoms. The Kier molecular flexibility index (Phi) is 4.07. The molecule has 1 N–H and O–H groups in total. The molecule has 0 saturated carbocycles. The molecule has 0 saturated heterocycles. The lowest BCUT2D eigenvalue weighted by Gasteiger charge is -2.12. The van der Waals surface area contributed by atoms with Crippen LogP contribution in [0.5, 0.6) is 0 Å². The minimum absolute atomic E-state index is 0.0467. The highest BCUT2D eigenvalue weighted by Gasteiger charge is 2.34. The first-order chi connectivity index (χ1) is 11.8. The predicted octanol–water partition coefficient (Wildman–Crippen LogP) is 3.09. The fourth-order valence-electron chi connectivity index (χ4n) is 2.49. The number of hydrogen-bond donors (Lipinski definition) is 1. The first kappa shape index (κ1) is 16.7. The zero-order chi connectivity index (χ0) is 18.2. The molecule has 25 heavy (non-hydrogen) atoms. The number of anilines is 1. The van der Waals surface area contributed by atoms with Crippen LogP contribution in [0.4, 0.5) is 19.0 Å². The van der Waals surface area contributed by atoms with Gasteiger partial charge in [0.05, 0.1) is 18.1 Å². The van der Waals surface area contributed by atoms with E-state index in [4.69, 9.17) is 0 Å². The molecule has 2 heterocycles. The molecule has 6 nitrogen and oxygen atoms in total. The van der Waals surface area contributed by atoms with Gasteiger partial charge in [-0.3, -0.25) is 9.48 Å². The molecule has 0 bridgehead atoms. The van der Waals surface area contributed by atoms with E-state index in [-0.39, 0.29) is 22.6 Å². The van der Waals surface area contributed by atoms with Crippen LogP contribution < -0.4 is 5.32 Å². The summed E-state index contributed by atoms with van der Waals surface area (Å²) in [6, 6.07) is 5.16. The van der Waals surface area contributed by atoms with Crippen molar-refractivity contribution in [1.82, 2.24) is 19.3 Å². The number of hydrogen-bond acceptors (Lipinski definition) is 3. The highest BCUT2D eigenvalue weighted by molar-refractivity contribution is 6.04. The molecule has 0 atom stereocenters. The van der Waals surface area contributed by atoms with Gasteiger partial charge < -0.3 is 9.88 Å². The third kappa shape index (κ3) is 3.25. The van der Waals surface area contributed by atoms with E-state index in [9.17, 15) is 18.0 Å². The Morgan fingerprint density at radius 3 is 2.52 bits per heavy atom. The Morgan fingerprint density at radius 1 is 1.16 bits per heavy atom. The molecule has 1 aromatic carbocycles. The summed E-state index contributed by atoms with van der Waals surface area (Å²) in [6.45, 7) is 0. The van der Waals surface area contributed by atoms with E-state index in [0.717, 1.165) is 6.07 Å². The summed E-state index contributed by atoms with van der Waals surface area (Å²) in [5.41, 5.74) is -0.394. The first-order valence-corrected chi connectivity index (χ1v) is 7.25. The monoisotopic (exact) mass is 349 g/mol. The van der Waals surface area contributed by atoms with Gasteiger partial charge in [0.1, 0.15) is 5.69 Å². The van der Waals surface area contributed by atoms with Gasteiger partial charge in [-0.25, -0.2) is 4.98 Å². The van der Waals surface area contributed by atoms with E-state index >= 15 is 0 Å². The van der Waals surface area contributed by atoms with Crippen LogP contribution in [-0.4, -0.2) is 25.2 Å². The Morgan fingerprint density at radius 2 is 1.88 bits per heavy atom. The van der Waals surface area contributed by atoms with Crippen LogP contribution in [0.25, 0.3) is 11.1 Å². The van der Waals surface area contributed by atoms with E-state index in [1.165, 1.54) is 46.2 Å². The summed E-state index contributed by atoms with van der Waals surface area (Å²) < 4.78 is 42.7. The standard InChI is InChI=1S/C16H14F3N5O/c1-23-9-20-7-13(23)15(25)21-14-11(8-24(2)22-14)10-5-3-4-6-12(10)16(17,18)19/h3-9H,1-2H3,(H,21,22,25). The van der Waals surface area contributed by atoms with Gasteiger partial charge >= 0.3 is 6.18 Å². The molecule has 9 heteroatoms. The van der Waals surface area contributed by atoms with Crippen molar-refractivity contribution in [2.75, 3.05) is 5.32 Å². The third-order valence-electron chi connectivity index (χ3n) is 3.63. The number of aryl methyl sites for hydroxylation is 2. The van der Waals surface area contributed by atoms with Crippen LogP contribution in [0.1, 0.15) is 16.1 Å². The second-order valence-electron chi connectivity index (χ2n) is 5.45. The number of carbonyl (C=O) groups excluding carboxylic acids is 1. The van der Waals surface area contributed by atoms with Crippen molar-refractivity contribution in [2.24, 2.45) is 14.1 Å². The predicted molar refractivity (Wildman–Crippen MR) is 84.8 cm³/mol. The summed E-state index contributed by atoms with van der Waals surface area (Å²) in [6.07, 6.45) is -0.270. The SMILES string of the molecule is Cn1cc(-c2ccccc2C(F)(F)F)c(NC(=O)c2cncn2C)n1. The summed E-state index contributed by atoms with van der Waals surface area (Å²) >= 11 is 0. The number of halogens is 3. The maximum atomic E-state index is 13.3. The quantitative estimate of drug-likeness (QED) is 0.790. The Bertz CT molecular complexity index is 926. The number of rotatable bonds is 3. The van der Waals surface area contributed by atoms with Crippen LogP contribution in [0.15, 0.2) is 43.0 Å². The largest absolute Gasteiger partial charge is 0.417 e. The van der Waals surface area contributed by atoms with Crippen molar-refractivity contribution in [3.05, 3.63) is 54.2 Å². The lowest BCUT2D eigenvalue weighted by molar-refractivity contribution is -0.137. The summed E-state index contributed by atoms with van der Waals surface area (Å²) in [7, 11) is 3.21. The zero-order valence-electron chi connectivity index (χ0n) is 13.4. The molecule has 130 valence electrons. The highest BCUT2D eigenvalue weighted by Crippen LogP contribution is 2.39. The molecule has 0 fully saturated rings. The molecule has 0 radical (unpaired) electrons. The molecule has 0 aliphatic rings. The summed E-state index contributed by atoms with van der Waals surface area (Å²) in [5.74, 6) is -0.463. The zero-order valence-corrected chi connectivity index (χ0v) is 13.4. The summed E-state index contributed by atoms with van der Waals surface area (Å²) in [5, 5.41) is 6.63. The number of amides is 1. The number of imidazole rings is 1. The van der Waals surface area contributed by atoms with Crippen LogP contribution >= 0.6 is 0 Å². The maximum absolute atomic E-state index is 13.3. The number of aromatic nitrogens is 4. The molecule has 3 rings (SSSR count). The van der Waals surface area contributed by atoms with Gasteiger partial charge in [-0.1, -0.05) is 18.2 Å². The number of carbonyl (C=O) groups is 1. The Labute approximate surface area is 140 Å². The second-order valence-corrected chi connectivity index (χ2v) is 5.45. The number of nitrogens with zero attached hydrogens (tertiary/aromatic N) is 4. The minimum atomic E-state index is -4.52. The van der Waals surface area contributed by atoms with Gasteiger partial charge in [0, 0.05) is 25.9 Å². The van der Waals surface area contributed by atoms with Crippen molar-refractivity contribution in [1.29, 1.82) is 0 Å². The third-order valence-corrected chi connectivity index (χ3v) is 3.63. The van der Waals surface area contributed by atoms with Crippen LogP contribution in [0.3, 0.4) is 0 Å². The smallest absolute Gasteiger partial charge is 0.330 e. The first-order valence-electron chi connectivity index (χ1n) is 7.25. The van der Waals surface area contributed by atoms with E-state index in [0.29, 0.717) is 0 Å². The van der Waals surface area contributed by atoms with E-state index < -0.39 is 17.6 Å². The van der Waals surface area contributed by atoms with Crippen LogP contribution in [-0.2, 0) is 20.3 Å². The second kappa shape index (κ2) is 6.08. The number of alkyl halides is 3. The molecule has 0 aliphatic heterocycles. The Balaban J connectivity index is 2.03. The van der Waals surface area contributed by atoms with Crippen molar-refractivity contribution in [3.63, 3.8) is 0 Å². The molecular formula is C16H14F3N5O. The van der Waals surface area contributed by atoms with Gasteiger partial charge in [0.2, 0.25) is 0 Å². The average Bonchev–Trinajstić information content (AvgIpc) is 3.12. The van der Waals surface area contributed by atoms with Gasteiger partial charge in [-0.05, 0) is 11.6 Å². The average molecular weight is 349 g/mol. The fraction of sp³-hybridized carbons (Fsp3) is 0.188. The van der Waals surface area contributed by atoms with Crippen molar-refractivity contribution < 1.29 is 18.0 Å². The summed E-state index contributed by atoms with van der Waals surface area (Å²) in [4.78, 5) is 16.2. The maximum Gasteiger partial charge on any atom is 0.417 e. The lowest BCUT2D eigenvalue weighted by Crippen LogP contribution is -2.16. The topological polar surface area (TPSA) is 64.7 Å². The van der Waals surface area contributed by atoms with Crippen LogP contribution in [0, 0.1) is 0 Å². The van der Waals surface area contributed by atoms with E-state index in [1.807, 2.05) is 0 Å². The lowest BCUT2D eigenvalue weighted by atomic mass is 10.0. The number of nitrogens with one attached hydrogen (secondary N) is 1. The number of benzene rings is 1. The van der Waals surface area contributed by atoms with Crippen molar-refractivity contribution >= 4 is 11.7 Å². The van der Waals surface area contributed by atoms with Gasteiger partial charge in [-0.15, -0.1) is 0 Å². The highest BCUT2D eigenvalue weighted by atomic mass is 19.4.